The highest BCUT2D eigenvalue weighted by atomic mass is 32.5. The Morgan fingerprint density at radius 3 is 2.18 bits per heavy atom. The summed E-state index contributed by atoms with van der Waals surface area (Å²) in [6, 6.07) is 3.34. The molecule has 0 saturated heterocycles. The lowest BCUT2D eigenvalue weighted by Crippen LogP contribution is -2.22. The summed E-state index contributed by atoms with van der Waals surface area (Å²) in [5, 5.41) is 2.87. The molecule has 0 aliphatic carbocycles. The third-order valence-corrected chi connectivity index (χ3v) is 3.20. The van der Waals surface area contributed by atoms with Crippen LogP contribution in [0.2, 0.25) is 0 Å². The molecule has 0 fully saturated rings. The first-order valence-corrected chi connectivity index (χ1v) is 6.90. The highest BCUT2D eigenvalue weighted by Crippen LogP contribution is 3.02. The molecule has 1 rings (SSSR count). The lowest BCUT2D eigenvalue weighted by Gasteiger charge is -2.40. The topological polar surface area (TPSA) is 12.0 Å². The van der Waals surface area contributed by atoms with Crippen molar-refractivity contribution in [2.45, 2.75) is 31.3 Å². The molecule has 0 bridgehead atoms. The van der Waals surface area contributed by atoms with Crippen LogP contribution in [0, 0.1) is 0 Å². The van der Waals surface area contributed by atoms with Crippen LogP contribution in [0.25, 0.3) is 0 Å². The van der Waals surface area contributed by atoms with E-state index in [4.69, 9.17) is 0 Å². The molecule has 1 aromatic carbocycles. The summed E-state index contributed by atoms with van der Waals surface area (Å²) in [5.74, 6) is 0. The Hall–Kier alpha value is -0.820. The van der Waals surface area contributed by atoms with Crippen LogP contribution in [0.5, 0.6) is 0 Å². The summed E-state index contributed by atoms with van der Waals surface area (Å²) in [7, 11) is -9.55. The van der Waals surface area contributed by atoms with Gasteiger partial charge in [-0.3, -0.25) is 0 Å². The average Bonchev–Trinajstić information content (AvgIpc) is 2.12. The summed E-state index contributed by atoms with van der Waals surface area (Å²) < 4.78 is 62.5. The van der Waals surface area contributed by atoms with Crippen molar-refractivity contribution in [2.24, 2.45) is 0 Å². The smallest absolute Gasteiger partial charge is 0.310 e. The van der Waals surface area contributed by atoms with Gasteiger partial charge in [0, 0.05) is 12.6 Å². The van der Waals surface area contributed by atoms with Crippen molar-refractivity contribution in [3.05, 3.63) is 29.8 Å². The second-order valence-electron chi connectivity index (χ2n) is 4.15. The van der Waals surface area contributed by atoms with Crippen molar-refractivity contribution in [3.63, 3.8) is 0 Å². The first-order valence-electron chi connectivity index (χ1n) is 4.95. The third-order valence-electron chi connectivity index (χ3n) is 2.06. The van der Waals surface area contributed by atoms with Crippen molar-refractivity contribution >= 4 is 10.2 Å². The first-order chi connectivity index (χ1) is 7.38. The largest absolute Gasteiger partial charge is 0.310 e. The van der Waals surface area contributed by atoms with E-state index in [1.807, 2.05) is 13.8 Å². The Bertz CT molecular complexity index is 411. The Morgan fingerprint density at radius 2 is 1.71 bits per heavy atom. The van der Waals surface area contributed by atoms with Crippen molar-refractivity contribution in [2.75, 3.05) is 0 Å². The predicted molar refractivity (Wildman–Crippen MR) is 59.8 cm³/mol. The lowest BCUT2D eigenvalue weighted by atomic mass is 10.2. The van der Waals surface area contributed by atoms with E-state index in [-0.39, 0.29) is 18.2 Å². The van der Waals surface area contributed by atoms with Crippen LogP contribution in [-0.2, 0) is 6.54 Å². The maximum Gasteiger partial charge on any atom is 0.310 e. The number of benzene rings is 1. The van der Waals surface area contributed by atoms with E-state index in [2.05, 4.69) is 5.32 Å². The monoisotopic (exact) mass is 275 g/mol. The lowest BCUT2D eigenvalue weighted by molar-refractivity contribution is 0.364. The van der Waals surface area contributed by atoms with Crippen LogP contribution in [0.1, 0.15) is 19.4 Å². The van der Waals surface area contributed by atoms with Gasteiger partial charge in [-0.05, 0) is 17.7 Å². The summed E-state index contributed by atoms with van der Waals surface area (Å²) in [6.07, 6.45) is 0. The predicted octanol–water partition coefficient (Wildman–Crippen LogP) is 4.84. The van der Waals surface area contributed by atoms with Crippen LogP contribution in [0.3, 0.4) is 0 Å². The molecule has 0 radical (unpaired) electrons. The van der Waals surface area contributed by atoms with E-state index in [1.54, 1.807) is 0 Å². The van der Waals surface area contributed by atoms with Gasteiger partial charge in [0.2, 0.25) is 0 Å². The van der Waals surface area contributed by atoms with Gasteiger partial charge in [-0.2, -0.15) is 0 Å². The molecule has 0 heterocycles. The zero-order valence-electron chi connectivity index (χ0n) is 9.39. The van der Waals surface area contributed by atoms with Crippen molar-refractivity contribution in [1.29, 1.82) is 0 Å². The molecule has 1 nitrogen and oxygen atoms in total. The Kier molecular flexibility index (Phi) is 3.00. The zero-order valence-corrected chi connectivity index (χ0v) is 10.2. The third kappa shape index (κ3) is 4.51. The molecule has 0 spiro atoms. The van der Waals surface area contributed by atoms with Crippen LogP contribution >= 0.6 is 10.2 Å². The molecule has 0 saturated carbocycles. The van der Waals surface area contributed by atoms with Gasteiger partial charge in [-0.25, -0.2) is 0 Å². The van der Waals surface area contributed by atoms with Gasteiger partial charge in [0.25, 0.3) is 0 Å². The van der Waals surface area contributed by atoms with Gasteiger partial charge in [0.15, 0.2) is 0 Å². The maximum absolute atomic E-state index is 12.5. The van der Waals surface area contributed by atoms with E-state index in [1.165, 1.54) is 6.07 Å². The minimum absolute atomic E-state index is 0.0682. The standard InChI is InChI=1S/C10H14F5NS/c1-8(2)16-7-9-4-3-5-10(6-9)17(11,12,13,14)15/h3-6,8,16H,7H2,1-2H3. The number of hydrogen-bond acceptors (Lipinski definition) is 1. The number of halogens is 5. The second-order valence-corrected chi connectivity index (χ2v) is 6.56. The molecule has 0 atom stereocenters. The second kappa shape index (κ2) is 3.58. The van der Waals surface area contributed by atoms with Crippen LogP contribution < -0.4 is 5.32 Å². The van der Waals surface area contributed by atoms with Crippen molar-refractivity contribution in [3.8, 4) is 0 Å². The molecule has 7 heteroatoms. The fraction of sp³-hybridized carbons (Fsp3) is 0.400. The number of nitrogens with one attached hydrogen (secondary N) is 1. The highest BCUT2D eigenvalue weighted by Gasteiger charge is 2.65. The van der Waals surface area contributed by atoms with Crippen LogP contribution in [0.15, 0.2) is 29.2 Å². The molecule has 0 aliphatic heterocycles. The molecular formula is C10H14F5NS. The Balaban J connectivity index is 3.03. The molecule has 0 unspecified atom stereocenters. The molecule has 1 aromatic rings. The SMILES string of the molecule is CC(C)NCc1cccc(S(F)(F)(F)(F)F)c1. The zero-order chi connectivity index (χ0) is 13.4. The van der Waals surface area contributed by atoms with Crippen molar-refractivity contribution < 1.29 is 19.4 Å². The minimum Gasteiger partial charge on any atom is -0.310 e. The Morgan fingerprint density at radius 1 is 1.12 bits per heavy atom. The molecular weight excluding hydrogens is 261 g/mol. The van der Waals surface area contributed by atoms with E-state index in [0.717, 1.165) is 6.07 Å². The minimum atomic E-state index is -9.55. The van der Waals surface area contributed by atoms with Gasteiger partial charge in [0.05, 0.1) is 0 Å². The van der Waals surface area contributed by atoms with Gasteiger partial charge in [-0.15, -0.1) is 0 Å². The van der Waals surface area contributed by atoms with E-state index in [9.17, 15) is 19.4 Å². The van der Waals surface area contributed by atoms with E-state index in [0.29, 0.717) is 12.1 Å². The maximum atomic E-state index is 12.5. The number of rotatable bonds is 4. The fourth-order valence-corrected chi connectivity index (χ4v) is 1.93. The first kappa shape index (κ1) is 14.2. The molecule has 100 valence electrons. The molecule has 0 amide bonds. The van der Waals surface area contributed by atoms with E-state index < -0.39 is 15.1 Å². The quantitative estimate of drug-likeness (QED) is 0.775. The number of hydrogen-bond donors (Lipinski definition) is 1. The molecule has 0 aliphatic rings. The Labute approximate surface area is 96.7 Å². The molecule has 17 heavy (non-hydrogen) atoms. The molecule has 0 aromatic heterocycles. The van der Waals surface area contributed by atoms with Gasteiger partial charge < -0.3 is 5.32 Å². The van der Waals surface area contributed by atoms with Gasteiger partial charge in [-0.1, -0.05) is 45.4 Å². The van der Waals surface area contributed by atoms with Crippen LogP contribution in [0.4, 0.5) is 19.4 Å². The van der Waals surface area contributed by atoms with E-state index >= 15 is 0 Å². The van der Waals surface area contributed by atoms with Crippen LogP contribution in [-0.4, -0.2) is 6.04 Å². The summed E-state index contributed by atoms with van der Waals surface area (Å²) >= 11 is 0. The highest BCUT2D eigenvalue weighted by molar-refractivity contribution is 8.45. The van der Waals surface area contributed by atoms with Gasteiger partial charge >= 0.3 is 10.2 Å². The van der Waals surface area contributed by atoms with Crippen molar-refractivity contribution in [1.82, 2.24) is 5.32 Å². The fourth-order valence-electron chi connectivity index (χ4n) is 1.22. The summed E-state index contributed by atoms with van der Waals surface area (Å²) in [6.45, 7) is 3.75. The summed E-state index contributed by atoms with van der Waals surface area (Å²) in [5.41, 5.74) is 0.185. The van der Waals surface area contributed by atoms with Gasteiger partial charge in [0.1, 0.15) is 4.90 Å². The molecule has 1 N–H and O–H groups in total. The normalized spacial score (nSPS) is 16.7. The summed E-state index contributed by atoms with van der Waals surface area (Å²) in [4.78, 5) is -1.84. The average molecular weight is 275 g/mol.